The van der Waals surface area contributed by atoms with Crippen LogP contribution < -0.4 is 0 Å². The monoisotopic (exact) mass is 335 g/mol. The molecule has 25 heavy (non-hydrogen) atoms. The van der Waals surface area contributed by atoms with E-state index in [1.165, 1.54) is 11.1 Å². The second kappa shape index (κ2) is 7.00. The van der Waals surface area contributed by atoms with Crippen molar-refractivity contribution in [2.24, 2.45) is 0 Å². The van der Waals surface area contributed by atoms with E-state index >= 15 is 0 Å². The lowest BCUT2D eigenvalue weighted by Crippen LogP contribution is -2.34. The van der Waals surface area contributed by atoms with Crippen molar-refractivity contribution < 1.29 is 14.3 Å². The van der Waals surface area contributed by atoms with Crippen molar-refractivity contribution in [3.05, 3.63) is 65.6 Å². The van der Waals surface area contributed by atoms with Gasteiger partial charge < -0.3 is 14.4 Å². The quantitative estimate of drug-likeness (QED) is 0.857. The van der Waals surface area contributed by atoms with Crippen molar-refractivity contribution in [2.75, 3.05) is 13.1 Å². The number of carbonyl (C=O) groups excluding carboxylic acids is 1. The van der Waals surface area contributed by atoms with Gasteiger partial charge in [0.05, 0.1) is 0 Å². The molecule has 1 aliphatic heterocycles. The van der Waals surface area contributed by atoms with Gasteiger partial charge in [-0.25, -0.2) is 0 Å². The number of aliphatic hydroxyl groups is 1. The maximum Gasteiger partial charge on any atom is 0.289 e. The lowest BCUT2D eigenvalue weighted by molar-refractivity contribution is 0.0740. The Hall–Kier alpha value is -2.77. The van der Waals surface area contributed by atoms with E-state index in [0.717, 1.165) is 6.42 Å². The Bertz CT molecular complexity index is 845. The van der Waals surface area contributed by atoms with Crippen LogP contribution in [0.3, 0.4) is 0 Å². The number of furan rings is 1. The summed E-state index contributed by atoms with van der Waals surface area (Å²) in [5.74, 6) is 5.93. The van der Waals surface area contributed by atoms with Crippen LogP contribution in [0.5, 0.6) is 0 Å². The standard InChI is InChI=1S/C21H21NO3/c1-21(2,24)13-10-18-8-9-19(25-18)20(23)22-14-11-17(12-15-22)16-6-4-3-5-7-16/h3-9,11,24H,12,14-15H2,1-2H3. The molecule has 0 atom stereocenters. The fraction of sp³-hybridized carbons (Fsp3) is 0.286. The van der Waals surface area contributed by atoms with Crippen LogP contribution in [0.4, 0.5) is 0 Å². The fourth-order valence-electron chi connectivity index (χ4n) is 2.66. The molecule has 3 rings (SSSR count). The number of hydrogen-bond donors (Lipinski definition) is 1. The highest BCUT2D eigenvalue weighted by atomic mass is 16.4. The zero-order valence-corrected chi connectivity index (χ0v) is 14.5. The lowest BCUT2D eigenvalue weighted by Gasteiger charge is -2.25. The molecule has 0 radical (unpaired) electrons. The third kappa shape index (κ3) is 4.40. The van der Waals surface area contributed by atoms with Gasteiger partial charge in [-0.05, 0) is 49.5 Å². The molecular weight excluding hydrogens is 314 g/mol. The van der Waals surface area contributed by atoms with Crippen LogP contribution in [0, 0.1) is 11.8 Å². The second-order valence-electron chi connectivity index (χ2n) is 6.57. The molecule has 2 aromatic rings. The Morgan fingerprint density at radius 1 is 1.20 bits per heavy atom. The minimum absolute atomic E-state index is 0.139. The van der Waals surface area contributed by atoms with Gasteiger partial charge in [-0.1, -0.05) is 42.3 Å². The van der Waals surface area contributed by atoms with Gasteiger partial charge >= 0.3 is 0 Å². The first kappa shape index (κ1) is 17.1. The molecular formula is C21H21NO3. The maximum absolute atomic E-state index is 12.6. The van der Waals surface area contributed by atoms with Crippen LogP contribution in [-0.2, 0) is 0 Å². The largest absolute Gasteiger partial charge is 0.443 e. The first-order valence-corrected chi connectivity index (χ1v) is 8.31. The summed E-state index contributed by atoms with van der Waals surface area (Å²) in [6.07, 6.45) is 2.91. The summed E-state index contributed by atoms with van der Waals surface area (Å²) in [4.78, 5) is 14.3. The topological polar surface area (TPSA) is 53.7 Å². The number of benzene rings is 1. The van der Waals surface area contributed by atoms with Crippen molar-refractivity contribution in [3.8, 4) is 11.8 Å². The van der Waals surface area contributed by atoms with E-state index in [1.807, 2.05) is 18.2 Å². The highest BCUT2D eigenvalue weighted by Gasteiger charge is 2.21. The molecule has 1 aromatic heterocycles. The third-order valence-corrected chi connectivity index (χ3v) is 3.95. The van der Waals surface area contributed by atoms with Gasteiger partial charge in [0.25, 0.3) is 5.91 Å². The van der Waals surface area contributed by atoms with E-state index in [0.29, 0.717) is 18.8 Å². The van der Waals surface area contributed by atoms with Gasteiger partial charge in [0.2, 0.25) is 0 Å². The molecule has 2 heterocycles. The molecule has 0 spiro atoms. The molecule has 4 heteroatoms. The number of hydrogen-bond acceptors (Lipinski definition) is 3. The normalized spacial score (nSPS) is 14.5. The molecule has 1 aliphatic rings. The van der Waals surface area contributed by atoms with Gasteiger partial charge in [0.15, 0.2) is 11.5 Å². The highest BCUT2D eigenvalue weighted by molar-refractivity contribution is 5.92. The molecule has 0 saturated carbocycles. The van der Waals surface area contributed by atoms with Gasteiger partial charge in [0, 0.05) is 13.1 Å². The summed E-state index contributed by atoms with van der Waals surface area (Å²) in [6.45, 7) is 4.41. The minimum Gasteiger partial charge on any atom is -0.443 e. The summed E-state index contributed by atoms with van der Waals surface area (Å²) < 4.78 is 5.51. The second-order valence-corrected chi connectivity index (χ2v) is 6.57. The van der Waals surface area contributed by atoms with Crippen molar-refractivity contribution in [3.63, 3.8) is 0 Å². The Morgan fingerprint density at radius 3 is 2.60 bits per heavy atom. The predicted octanol–water partition coefficient (Wildman–Crippen LogP) is 3.33. The van der Waals surface area contributed by atoms with Crippen molar-refractivity contribution >= 4 is 11.5 Å². The van der Waals surface area contributed by atoms with Crippen LogP contribution in [0.25, 0.3) is 5.57 Å². The van der Waals surface area contributed by atoms with Crippen molar-refractivity contribution in [1.82, 2.24) is 4.90 Å². The van der Waals surface area contributed by atoms with E-state index in [4.69, 9.17) is 4.42 Å². The zero-order chi connectivity index (χ0) is 17.9. The molecule has 4 nitrogen and oxygen atoms in total. The van der Waals surface area contributed by atoms with Crippen molar-refractivity contribution in [2.45, 2.75) is 25.9 Å². The number of rotatable bonds is 2. The molecule has 128 valence electrons. The van der Waals surface area contributed by atoms with Gasteiger partial charge in [-0.15, -0.1) is 0 Å². The number of carbonyl (C=O) groups is 1. The fourth-order valence-corrected chi connectivity index (χ4v) is 2.66. The first-order valence-electron chi connectivity index (χ1n) is 8.31. The summed E-state index contributed by atoms with van der Waals surface area (Å²) in [5, 5.41) is 9.62. The molecule has 0 bridgehead atoms. The zero-order valence-electron chi connectivity index (χ0n) is 14.5. The SMILES string of the molecule is CC(C)(O)C#Cc1ccc(C(=O)N2CC=C(c3ccccc3)CC2)o1. The lowest BCUT2D eigenvalue weighted by atomic mass is 9.99. The summed E-state index contributed by atoms with van der Waals surface area (Å²) in [5.41, 5.74) is 1.38. The third-order valence-electron chi connectivity index (χ3n) is 3.95. The highest BCUT2D eigenvalue weighted by Crippen LogP contribution is 2.23. The Balaban J connectivity index is 1.68. The molecule has 1 aromatic carbocycles. The van der Waals surface area contributed by atoms with Crippen LogP contribution in [-0.4, -0.2) is 34.6 Å². The van der Waals surface area contributed by atoms with E-state index in [9.17, 15) is 9.90 Å². The average Bonchev–Trinajstić information content (AvgIpc) is 3.09. The van der Waals surface area contributed by atoms with Crippen LogP contribution in [0.2, 0.25) is 0 Å². The maximum atomic E-state index is 12.6. The molecule has 0 fully saturated rings. The van der Waals surface area contributed by atoms with Gasteiger partial charge in [-0.3, -0.25) is 4.79 Å². The molecule has 1 N–H and O–H groups in total. The van der Waals surface area contributed by atoms with Crippen LogP contribution >= 0.6 is 0 Å². The molecule has 1 amide bonds. The predicted molar refractivity (Wildman–Crippen MR) is 96.8 cm³/mol. The van der Waals surface area contributed by atoms with E-state index in [1.54, 1.807) is 30.9 Å². The summed E-state index contributed by atoms with van der Waals surface area (Å²) >= 11 is 0. The van der Waals surface area contributed by atoms with E-state index in [2.05, 4.69) is 30.0 Å². The molecule has 0 unspecified atom stereocenters. The Labute approximate surface area is 147 Å². The van der Waals surface area contributed by atoms with E-state index < -0.39 is 5.60 Å². The Kier molecular flexibility index (Phi) is 4.78. The van der Waals surface area contributed by atoms with Gasteiger partial charge in [0.1, 0.15) is 5.60 Å². The number of amides is 1. The Morgan fingerprint density at radius 2 is 1.96 bits per heavy atom. The van der Waals surface area contributed by atoms with Crippen LogP contribution in [0.15, 0.2) is 53.0 Å². The first-order chi connectivity index (χ1) is 11.9. The minimum atomic E-state index is -1.09. The van der Waals surface area contributed by atoms with Crippen LogP contribution in [0.1, 0.15) is 42.1 Å². The number of nitrogens with zero attached hydrogens (tertiary/aromatic N) is 1. The van der Waals surface area contributed by atoms with Gasteiger partial charge in [-0.2, -0.15) is 0 Å². The summed E-state index contributed by atoms with van der Waals surface area (Å²) in [6, 6.07) is 13.5. The summed E-state index contributed by atoms with van der Waals surface area (Å²) in [7, 11) is 0. The van der Waals surface area contributed by atoms with E-state index in [-0.39, 0.29) is 11.7 Å². The average molecular weight is 335 g/mol. The van der Waals surface area contributed by atoms with Crippen molar-refractivity contribution in [1.29, 1.82) is 0 Å². The molecule has 0 aliphatic carbocycles. The molecule has 0 saturated heterocycles. The smallest absolute Gasteiger partial charge is 0.289 e.